The van der Waals surface area contributed by atoms with Crippen molar-refractivity contribution in [3.63, 3.8) is 0 Å². The number of nitrogens with one attached hydrogen (secondary N) is 1. The van der Waals surface area contributed by atoms with Gasteiger partial charge in [0, 0.05) is 12.5 Å². The molecule has 7 nitrogen and oxygen atoms in total. The number of anilines is 1. The van der Waals surface area contributed by atoms with E-state index in [-0.39, 0.29) is 40.2 Å². The molecular formula is C16H17N5O2. The number of aromatic nitrogens is 2. The zero-order chi connectivity index (χ0) is 16.4. The smallest absolute Gasteiger partial charge is 0.169 e. The highest BCUT2D eigenvalue weighted by Gasteiger charge is 2.24. The SMILES string of the molecule is N#Cc1c(N)nc(-c2c(O)cccc2O)nc1C1CCCNC1. The first-order chi connectivity index (χ1) is 11.1. The highest BCUT2D eigenvalue weighted by Crippen LogP contribution is 2.37. The molecule has 7 heteroatoms. The molecule has 118 valence electrons. The van der Waals surface area contributed by atoms with Gasteiger partial charge in [0.15, 0.2) is 5.82 Å². The summed E-state index contributed by atoms with van der Waals surface area (Å²) in [5, 5.41) is 32.7. The van der Waals surface area contributed by atoms with Gasteiger partial charge in [-0.15, -0.1) is 0 Å². The van der Waals surface area contributed by atoms with E-state index in [0.717, 1.165) is 19.4 Å². The largest absolute Gasteiger partial charge is 0.507 e. The number of nitrogen functional groups attached to an aromatic ring is 1. The second-order valence-corrected chi connectivity index (χ2v) is 5.52. The number of phenolic OH excluding ortho intramolecular Hbond substituents is 2. The number of nitrogens with zero attached hydrogens (tertiary/aromatic N) is 3. The number of nitrogens with two attached hydrogens (primary N) is 1. The number of nitriles is 1. The monoisotopic (exact) mass is 311 g/mol. The third-order valence-electron chi connectivity index (χ3n) is 4.00. The summed E-state index contributed by atoms with van der Waals surface area (Å²) in [7, 11) is 0. The Balaban J connectivity index is 2.17. The molecule has 1 aromatic heterocycles. The van der Waals surface area contributed by atoms with Crippen molar-refractivity contribution in [3.05, 3.63) is 29.5 Å². The molecule has 1 saturated heterocycles. The van der Waals surface area contributed by atoms with E-state index in [0.29, 0.717) is 12.2 Å². The van der Waals surface area contributed by atoms with Gasteiger partial charge in [-0.25, -0.2) is 9.97 Å². The summed E-state index contributed by atoms with van der Waals surface area (Å²) in [6.45, 7) is 1.64. The van der Waals surface area contributed by atoms with Crippen LogP contribution in [0.1, 0.15) is 30.0 Å². The van der Waals surface area contributed by atoms with E-state index in [1.165, 1.54) is 18.2 Å². The molecule has 5 N–H and O–H groups in total. The fraction of sp³-hybridized carbons (Fsp3) is 0.312. The van der Waals surface area contributed by atoms with Gasteiger partial charge in [-0.2, -0.15) is 5.26 Å². The van der Waals surface area contributed by atoms with E-state index in [1.807, 2.05) is 0 Å². The van der Waals surface area contributed by atoms with Crippen molar-refractivity contribution in [1.82, 2.24) is 15.3 Å². The van der Waals surface area contributed by atoms with Crippen LogP contribution in [0, 0.1) is 11.3 Å². The highest BCUT2D eigenvalue weighted by molar-refractivity contribution is 5.72. The Labute approximate surface area is 133 Å². The minimum absolute atomic E-state index is 0.0513. The van der Waals surface area contributed by atoms with Gasteiger partial charge in [0.05, 0.1) is 5.69 Å². The van der Waals surface area contributed by atoms with Crippen molar-refractivity contribution >= 4 is 5.82 Å². The number of benzene rings is 1. The number of rotatable bonds is 2. The van der Waals surface area contributed by atoms with Crippen molar-refractivity contribution in [2.75, 3.05) is 18.8 Å². The molecular weight excluding hydrogens is 294 g/mol. The van der Waals surface area contributed by atoms with Gasteiger partial charge < -0.3 is 21.3 Å². The lowest BCUT2D eigenvalue weighted by atomic mass is 9.93. The molecule has 2 heterocycles. The van der Waals surface area contributed by atoms with Crippen LogP contribution < -0.4 is 11.1 Å². The van der Waals surface area contributed by atoms with Crippen LogP contribution in [0.3, 0.4) is 0 Å². The first-order valence-electron chi connectivity index (χ1n) is 7.41. The maximum Gasteiger partial charge on any atom is 0.169 e. The lowest BCUT2D eigenvalue weighted by Crippen LogP contribution is -2.29. The van der Waals surface area contributed by atoms with Gasteiger partial charge in [-0.05, 0) is 31.5 Å². The topological polar surface area (TPSA) is 128 Å². The third kappa shape index (κ3) is 2.76. The summed E-state index contributed by atoms with van der Waals surface area (Å²) in [6.07, 6.45) is 1.88. The minimum Gasteiger partial charge on any atom is -0.507 e. The van der Waals surface area contributed by atoms with E-state index in [4.69, 9.17) is 5.73 Å². The zero-order valence-electron chi connectivity index (χ0n) is 12.5. The minimum atomic E-state index is -0.137. The number of aromatic hydroxyl groups is 2. The van der Waals surface area contributed by atoms with Crippen molar-refractivity contribution < 1.29 is 10.2 Å². The molecule has 2 aromatic rings. The van der Waals surface area contributed by atoms with Gasteiger partial charge in [-0.1, -0.05) is 6.07 Å². The molecule has 3 rings (SSSR count). The Morgan fingerprint density at radius 2 is 2.00 bits per heavy atom. The molecule has 1 aromatic carbocycles. The number of hydrogen-bond donors (Lipinski definition) is 4. The molecule has 0 amide bonds. The van der Waals surface area contributed by atoms with E-state index in [9.17, 15) is 15.5 Å². The summed E-state index contributed by atoms with van der Waals surface area (Å²) < 4.78 is 0. The Bertz CT molecular complexity index is 759. The first kappa shape index (κ1) is 15.1. The Morgan fingerprint density at radius 1 is 1.26 bits per heavy atom. The van der Waals surface area contributed by atoms with Crippen LogP contribution >= 0.6 is 0 Å². The van der Waals surface area contributed by atoms with Crippen molar-refractivity contribution in [1.29, 1.82) is 5.26 Å². The summed E-state index contributed by atoms with van der Waals surface area (Å²) in [5.74, 6) is -0.0440. The van der Waals surface area contributed by atoms with Crippen LogP contribution in [0.4, 0.5) is 5.82 Å². The second kappa shape index (κ2) is 6.10. The number of piperidine rings is 1. The van der Waals surface area contributed by atoms with Gasteiger partial charge in [0.25, 0.3) is 0 Å². The average molecular weight is 311 g/mol. The lowest BCUT2D eigenvalue weighted by molar-refractivity contribution is 0.450. The van der Waals surface area contributed by atoms with Crippen molar-refractivity contribution in [2.45, 2.75) is 18.8 Å². The molecule has 23 heavy (non-hydrogen) atoms. The molecule has 0 radical (unpaired) electrons. The molecule has 0 bridgehead atoms. The van der Waals surface area contributed by atoms with Gasteiger partial charge >= 0.3 is 0 Å². The summed E-state index contributed by atoms with van der Waals surface area (Å²) >= 11 is 0. The van der Waals surface area contributed by atoms with E-state index < -0.39 is 0 Å². The molecule has 1 fully saturated rings. The first-order valence-corrected chi connectivity index (χ1v) is 7.41. The van der Waals surface area contributed by atoms with Crippen LogP contribution in [0.15, 0.2) is 18.2 Å². The van der Waals surface area contributed by atoms with Gasteiger partial charge in [-0.3, -0.25) is 0 Å². The molecule has 0 saturated carbocycles. The van der Waals surface area contributed by atoms with Crippen LogP contribution in [0.5, 0.6) is 11.5 Å². The third-order valence-corrected chi connectivity index (χ3v) is 4.00. The van der Waals surface area contributed by atoms with Crippen LogP contribution in [-0.4, -0.2) is 33.3 Å². The van der Waals surface area contributed by atoms with Crippen molar-refractivity contribution in [3.8, 4) is 29.0 Å². The Kier molecular flexibility index (Phi) is 4.00. The van der Waals surface area contributed by atoms with Gasteiger partial charge in [0.2, 0.25) is 0 Å². The molecule has 1 aliphatic heterocycles. The fourth-order valence-electron chi connectivity index (χ4n) is 2.86. The average Bonchev–Trinajstić information content (AvgIpc) is 2.55. The fourth-order valence-corrected chi connectivity index (χ4v) is 2.86. The number of phenols is 2. The lowest BCUT2D eigenvalue weighted by Gasteiger charge is -2.23. The molecule has 1 aliphatic rings. The second-order valence-electron chi connectivity index (χ2n) is 5.52. The van der Waals surface area contributed by atoms with E-state index in [2.05, 4.69) is 21.4 Å². The zero-order valence-corrected chi connectivity index (χ0v) is 12.5. The molecule has 1 atom stereocenters. The quantitative estimate of drug-likeness (QED) is 0.661. The highest BCUT2D eigenvalue weighted by atomic mass is 16.3. The summed E-state index contributed by atoms with van der Waals surface area (Å²) in [5.41, 5.74) is 6.86. The van der Waals surface area contributed by atoms with E-state index >= 15 is 0 Å². The normalized spacial score (nSPS) is 17.6. The van der Waals surface area contributed by atoms with E-state index in [1.54, 1.807) is 0 Å². The van der Waals surface area contributed by atoms with Crippen LogP contribution in [0.2, 0.25) is 0 Å². The predicted molar refractivity (Wildman–Crippen MR) is 84.8 cm³/mol. The Morgan fingerprint density at radius 3 is 2.61 bits per heavy atom. The number of hydrogen-bond acceptors (Lipinski definition) is 7. The Hall–Kier alpha value is -2.85. The standard InChI is InChI=1S/C16H17N5O2/c17-7-10-14(9-3-2-6-19-8-9)20-16(21-15(10)18)13-11(22)4-1-5-12(13)23/h1,4-5,9,19,22-23H,2-3,6,8H2,(H2,18,20,21). The maximum absolute atomic E-state index is 10.0. The van der Waals surface area contributed by atoms with Crippen LogP contribution in [0.25, 0.3) is 11.4 Å². The van der Waals surface area contributed by atoms with Gasteiger partial charge in [0.1, 0.15) is 34.5 Å². The molecule has 0 spiro atoms. The molecule has 1 unspecified atom stereocenters. The maximum atomic E-state index is 10.0. The van der Waals surface area contributed by atoms with Crippen LogP contribution in [-0.2, 0) is 0 Å². The predicted octanol–water partition coefficient (Wildman–Crippen LogP) is 1.48. The molecule has 0 aliphatic carbocycles. The summed E-state index contributed by atoms with van der Waals surface area (Å²) in [4.78, 5) is 8.54. The van der Waals surface area contributed by atoms with Crippen molar-refractivity contribution in [2.24, 2.45) is 0 Å². The summed E-state index contributed by atoms with van der Waals surface area (Å²) in [6, 6.07) is 6.47.